The van der Waals surface area contributed by atoms with Gasteiger partial charge in [0.15, 0.2) is 11.0 Å². The van der Waals surface area contributed by atoms with Crippen molar-refractivity contribution < 1.29 is 9.53 Å². The first-order valence-corrected chi connectivity index (χ1v) is 14.3. The molecule has 0 fully saturated rings. The smallest absolute Gasteiger partial charge is 0.230 e. The van der Waals surface area contributed by atoms with Gasteiger partial charge in [0.05, 0.1) is 18.9 Å². The summed E-state index contributed by atoms with van der Waals surface area (Å²) in [5.41, 5.74) is 5.57. The molecule has 0 aliphatic heterocycles. The molecule has 1 N–H and O–H groups in total. The SMILES string of the molecule is COc1ccc(-c2nnc(SCC(=O)N[C@@H](C)c3ccc(-c4ccccc4)cc3)n2CCc2ccccc2)cc1. The number of nitrogens with one attached hydrogen (secondary N) is 1. The first kappa shape index (κ1) is 27.2. The summed E-state index contributed by atoms with van der Waals surface area (Å²) in [6.07, 6.45) is 0.831. The summed E-state index contributed by atoms with van der Waals surface area (Å²) in [7, 11) is 1.65. The van der Waals surface area contributed by atoms with Crippen molar-refractivity contribution >= 4 is 17.7 Å². The van der Waals surface area contributed by atoms with E-state index in [1.807, 2.05) is 67.6 Å². The van der Waals surface area contributed by atoms with Crippen LogP contribution < -0.4 is 10.1 Å². The summed E-state index contributed by atoms with van der Waals surface area (Å²) < 4.78 is 7.40. The maximum Gasteiger partial charge on any atom is 0.230 e. The van der Waals surface area contributed by atoms with E-state index in [-0.39, 0.29) is 17.7 Å². The standard InChI is InChI=1S/C33H32N4O2S/c1-24(26-13-15-28(16-14-26)27-11-7-4-8-12-27)34-31(38)23-40-33-36-35-32(29-17-19-30(39-2)20-18-29)37(33)22-21-25-9-5-3-6-10-25/h3-20,24H,21-23H2,1-2H3,(H,34,38)/t24-/m0/s1. The maximum atomic E-state index is 12.9. The molecule has 0 spiro atoms. The van der Waals surface area contributed by atoms with Crippen LogP contribution in [0.5, 0.6) is 5.75 Å². The van der Waals surface area contributed by atoms with Crippen LogP contribution in [0.4, 0.5) is 0 Å². The minimum absolute atomic E-state index is 0.0479. The van der Waals surface area contributed by atoms with Crippen molar-refractivity contribution in [3.8, 4) is 28.3 Å². The molecule has 6 nitrogen and oxygen atoms in total. The highest BCUT2D eigenvalue weighted by molar-refractivity contribution is 7.99. The molecular formula is C33H32N4O2S. The number of aromatic nitrogens is 3. The summed E-state index contributed by atoms with van der Waals surface area (Å²) in [5.74, 6) is 1.76. The highest BCUT2D eigenvalue weighted by Gasteiger charge is 2.17. The van der Waals surface area contributed by atoms with Gasteiger partial charge in [-0.3, -0.25) is 4.79 Å². The normalized spacial score (nSPS) is 11.7. The van der Waals surface area contributed by atoms with E-state index in [1.165, 1.54) is 22.9 Å². The summed E-state index contributed by atoms with van der Waals surface area (Å²) >= 11 is 1.40. The van der Waals surface area contributed by atoms with Crippen LogP contribution >= 0.6 is 11.8 Å². The van der Waals surface area contributed by atoms with Crippen LogP contribution in [-0.4, -0.2) is 33.5 Å². The number of nitrogens with zero attached hydrogens (tertiary/aromatic N) is 3. The molecule has 1 atom stereocenters. The lowest BCUT2D eigenvalue weighted by Gasteiger charge is -2.15. The van der Waals surface area contributed by atoms with Gasteiger partial charge in [-0.1, -0.05) is 96.7 Å². The first-order chi connectivity index (χ1) is 19.6. The molecule has 0 unspecified atom stereocenters. The van der Waals surface area contributed by atoms with Gasteiger partial charge in [0.2, 0.25) is 5.91 Å². The monoisotopic (exact) mass is 548 g/mol. The minimum atomic E-state index is -0.108. The minimum Gasteiger partial charge on any atom is -0.497 e. The lowest BCUT2D eigenvalue weighted by molar-refractivity contribution is -0.119. The van der Waals surface area contributed by atoms with E-state index in [1.54, 1.807) is 7.11 Å². The number of amides is 1. The molecular weight excluding hydrogens is 516 g/mol. The third-order valence-corrected chi connectivity index (χ3v) is 7.73. The zero-order valence-corrected chi connectivity index (χ0v) is 23.5. The molecule has 0 aliphatic rings. The van der Waals surface area contributed by atoms with Crippen molar-refractivity contribution in [2.45, 2.75) is 31.1 Å². The number of methoxy groups -OCH3 is 1. The Hall–Kier alpha value is -4.36. The highest BCUT2D eigenvalue weighted by atomic mass is 32.2. The second kappa shape index (κ2) is 13.1. The quantitative estimate of drug-likeness (QED) is 0.183. The first-order valence-electron chi connectivity index (χ1n) is 13.3. The highest BCUT2D eigenvalue weighted by Crippen LogP contribution is 2.27. The van der Waals surface area contributed by atoms with Crippen molar-refractivity contribution in [3.63, 3.8) is 0 Å². The van der Waals surface area contributed by atoms with Crippen molar-refractivity contribution in [2.24, 2.45) is 0 Å². The molecule has 7 heteroatoms. The second-order valence-corrected chi connectivity index (χ2v) is 10.4. The number of hydrogen-bond acceptors (Lipinski definition) is 5. The zero-order valence-electron chi connectivity index (χ0n) is 22.7. The van der Waals surface area contributed by atoms with E-state index in [2.05, 4.69) is 68.6 Å². The van der Waals surface area contributed by atoms with Gasteiger partial charge in [-0.25, -0.2) is 0 Å². The Kier molecular flexibility index (Phi) is 8.93. The molecule has 5 rings (SSSR count). The van der Waals surface area contributed by atoms with Crippen molar-refractivity contribution in [1.82, 2.24) is 20.1 Å². The Morgan fingerprint density at radius 1 is 0.825 bits per heavy atom. The van der Waals surface area contributed by atoms with Crippen LogP contribution in [0.15, 0.2) is 114 Å². The van der Waals surface area contributed by atoms with Crippen molar-refractivity contribution in [2.75, 3.05) is 12.9 Å². The fourth-order valence-corrected chi connectivity index (χ4v) is 5.30. The predicted molar refractivity (Wildman–Crippen MR) is 161 cm³/mol. The van der Waals surface area contributed by atoms with E-state index >= 15 is 0 Å². The topological polar surface area (TPSA) is 69.0 Å². The van der Waals surface area contributed by atoms with Gasteiger partial charge in [0, 0.05) is 12.1 Å². The number of thioether (sulfide) groups is 1. The summed E-state index contributed by atoms with van der Waals surface area (Å²) in [6.45, 7) is 2.71. The van der Waals surface area contributed by atoms with Crippen molar-refractivity contribution in [3.05, 3.63) is 120 Å². The summed E-state index contributed by atoms with van der Waals surface area (Å²) in [6, 6.07) is 36.6. The van der Waals surface area contributed by atoms with E-state index in [9.17, 15) is 4.79 Å². The molecule has 0 saturated carbocycles. The van der Waals surface area contributed by atoms with Crippen LogP contribution in [0, 0.1) is 0 Å². The molecule has 4 aromatic carbocycles. The fraction of sp³-hybridized carbons (Fsp3) is 0.182. The lowest BCUT2D eigenvalue weighted by Crippen LogP contribution is -2.28. The van der Waals surface area contributed by atoms with Gasteiger partial charge in [-0.2, -0.15) is 0 Å². The Labute approximate surface area is 239 Å². The largest absolute Gasteiger partial charge is 0.497 e. The van der Waals surface area contributed by atoms with Crippen LogP contribution in [0.25, 0.3) is 22.5 Å². The second-order valence-electron chi connectivity index (χ2n) is 9.49. The Bertz CT molecular complexity index is 1520. The average molecular weight is 549 g/mol. The number of benzene rings is 4. The van der Waals surface area contributed by atoms with Crippen LogP contribution in [0.1, 0.15) is 24.1 Å². The van der Waals surface area contributed by atoms with Gasteiger partial charge in [0.25, 0.3) is 0 Å². The average Bonchev–Trinajstić information content (AvgIpc) is 3.42. The molecule has 0 aliphatic carbocycles. The van der Waals surface area contributed by atoms with E-state index in [4.69, 9.17) is 4.74 Å². The number of hydrogen-bond donors (Lipinski definition) is 1. The van der Waals surface area contributed by atoms with Gasteiger partial charge in [-0.05, 0) is 59.9 Å². The maximum absolute atomic E-state index is 12.9. The molecule has 0 saturated heterocycles. The predicted octanol–water partition coefficient (Wildman–Crippen LogP) is 6.83. The van der Waals surface area contributed by atoms with Gasteiger partial charge < -0.3 is 14.6 Å². The Morgan fingerprint density at radius 2 is 1.45 bits per heavy atom. The molecule has 40 heavy (non-hydrogen) atoms. The fourth-order valence-electron chi connectivity index (χ4n) is 4.53. The molecule has 5 aromatic rings. The number of carbonyl (C=O) groups is 1. The van der Waals surface area contributed by atoms with Crippen molar-refractivity contribution in [1.29, 1.82) is 0 Å². The van der Waals surface area contributed by atoms with Gasteiger partial charge in [0.1, 0.15) is 5.75 Å². The number of carbonyl (C=O) groups excluding carboxylic acids is 1. The molecule has 0 radical (unpaired) electrons. The molecule has 1 amide bonds. The number of aryl methyl sites for hydroxylation is 1. The van der Waals surface area contributed by atoms with E-state index in [0.717, 1.165) is 39.8 Å². The third kappa shape index (κ3) is 6.79. The molecule has 202 valence electrons. The molecule has 1 heterocycles. The van der Waals surface area contributed by atoms with Crippen LogP contribution in [-0.2, 0) is 17.8 Å². The zero-order chi connectivity index (χ0) is 27.7. The summed E-state index contributed by atoms with van der Waals surface area (Å²) in [5, 5.41) is 12.8. The molecule has 1 aromatic heterocycles. The van der Waals surface area contributed by atoms with Crippen LogP contribution in [0.3, 0.4) is 0 Å². The number of rotatable bonds is 11. The number of ether oxygens (including phenoxy) is 1. The van der Waals surface area contributed by atoms with Crippen LogP contribution in [0.2, 0.25) is 0 Å². The third-order valence-electron chi connectivity index (χ3n) is 6.76. The van der Waals surface area contributed by atoms with Gasteiger partial charge >= 0.3 is 0 Å². The Balaban J connectivity index is 1.25. The van der Waals surface area contributed by atoms with E-state index < -0.39 is 0 Å². The van der Waals surface area contributed by atoms with E-state index in [0.29, 0.717) is 6.54 Å². The van der Waals surface area contributed by atoms with Gasteiger partial charge in [-0.15, -0.1) is 10.2 Å². The molecule has 0 bridgehead atoms. The summed E-state index contributed by atoms with van der Waals surface area (Å²) in [4.78, 5) is 12.9. The Morgan fingerprint density at radius 3 is 2.12 bits per heavy atom. The lowest BCUT2D eigenvalue weighted by atomic mass is 10.0.